The molecule has 2 atom stereocenters. The fourth-order valence-corrected chi connectivity index (χ4v) is 6.39. The van der Waals surface area contributed by atoms with Crippen LogP contribution in [0.5, 0.6) is 5.75 Å². The second-order valence-electron chi connectivity index (χ2n) is 11.3. The number of carbonyl (C=O) groups is 2. The Morgan fingerprint density at radius 2 is 1.72 bits per heavy atom. The minimum atomic E-state index is -0.507. The zero-order chi connectivity index (χ0) is 27.4. The highest BCUT2D eigenvalue weighted by atomic mass is 16.5. The van der Waals surface area contributed by atoms with Gasteiger partial charge >= 0.3 is 0 Å². The molecule has 0 radical (unpaired) electrons. The van der Waals surface area contributed by atoms with Crippen molar-refractivity contribution < 1.29 is 19.4 Å². The molecule has 2 amide bonds. The molecule has 0 saturated carbocycles. The van der Waals surface area contributed by atoms with Gasteiger partial charge in [-0.2, -0.15) is 0 Å². The van der Waals surface area contributed by atoms with Crippen LogP contribution in [-0.4, -0.2) is 96.7 Å². The van der Waals surface area contributed by atoms with Gasteiger partial charge in [-0.25, -0.2) is 0 Å². The first-order chi connectivity index (χ1) is 18.9. The van der Waals surface area contributed by atoms with E-state index in [2.05, 4.69) is 34.1 Å². The van der Waals surface area contributed by atoms with Gasteiger partial charge in [-0.15, -0.1) is 0 Å². The molecule has 39 heavy (non-hydrogen) atoms. The normalized spacial score (nSPS) is 22.6. The quantitative estimate of drug-likeness (QED) is 0.587. The van der Waals surface area contributed by atoms with Crippen molar-refractivity contribution >= 4 is 17.5 Å². The largest absolute Gasteiger partial charge is 0.497 e. The molecule has 3 aliphatic rings. The van der Waals surface area contributed by atoms with Crippen LogP contribution in [0.2, 0.25) is 0 Å². The molecule has 8 heteroatoms. The number of nitrogens with zero attached hydrogens (tertiary/aromatic N) is 4. The topological polar surface area (TPSA) is 76.6 Å². The average molecular weight is 535 g/mol. The van der Waals surface area contributed by atoms with E-state index in [0.717, 1.165) is 31.5 Å². The molecule has 0 aliphatic carbocycles. The molecule has 0 unspecified atom stereocenters. The smallest absolute Gasteiger partial charge is 0.253 e. The number of β-amino-alcohol motifs (C(OH)–C–C–N with tert-alkyl or cyclic N) is 1. The minimum Gasteiger partial charge on any atom is -0.497 e. The van der Waals surface area contributed by atoms with Gasteiger partial charge in [0.25, 0.3) is 5.91 Å². The summed E-state index contributed by atoms with van der Waals surface area (Å²) in [5.74, 6) is 0.735. The second-order valence-corrected chi connectivity index (χ2v) is 11.3. The summed E-state index contributed by atoms with van der Waals surface area (Å²) in [5.41, 5.74) is 3.00. The Kier molecular flexibility index (Phi) is 8.72. The van der Waals surface area contributed by atoms with E-state index in [1.807, 2.05) is 30.1 Å². The predicted octanol–water partition coefficient (Wildman–Crippen LogP) is 3.38. The van der Waals surface area contributed by atoms with E-state index >= 15 is 0 Å². The van der Waals surface area contributed by atoms with Crippen LogP contribution in [0.3, 0.4) is 0 Å². The standard InChI is InChI=1S/C31H42N4O4/c1-32(21-23-9-11-25(12-10-23)33-15-4-3-5-16-33)31(38)29-20-27(36)22-35(29)26-13-17-34(18-14-26)30(37)24-7-6-8-28(19-24)39-2/h6-12,19,26-27,29,36H,3-5,13-18,20-22H2,1-2H3/t27-,29+/m1/s1. The van der Waals surface area contributed by atoms with E-state index in [-0.39, 0.29) is 23.9 Å². The lowest BCUT2D eigenvalue weighted by Crippen LogP contribution is -2.52. The van der Waals surface area contributed by atoms with Crippen molar-refractivity contribution in [3.05, 3.63) is 59.7 Å². The maximum Gasteiger partial charge on any atom is 0.253 e. The van der Waals surface area contributed by atoms with E-state index in [0.29, 0.717) is 43.9 Å². The molecule has 210 valence electrons. The number of ether oxygens (including phenoxy) is 1. The summed E-state index contributed by atoms with van der Waals surface area (Å²) in [7, 11) is 3.46. The Morgan fingerprint density at radius 1 is 1.00 bits per heavy atom. The van der Waals surface area contributed by atoms with Crippen molar-refractivity contribution in [1.29, 1.82) is 0 Å². The number of aliphatic hydroxyl groups is 1. The number of hydrogen-bond acceptors (Lipinski definition) is 6. The van der Waals surface area contributed by atoms with E-state index in [1.54, 1.807) is 18.1 Å². The molecule has 0 spiro atoms. The molecular formula is C31H42N4O4. The molecule has 0 aromatic heterocycles. The molecule has 3 heterocycles. The third kappa shape index (κ3) is 6.39. The van der Waals surface area contributed by atoms with Crippen LogP contribution in [0.15, 0.2) is 48.5 Å². The molecule has 2 aromatic rings. The van der Waals surface area contributed by atoms with Gasteiger partial charge in [-0.05, 0) is 74.4 Å². The lowest BCUT2D eigenvalue weighted by molar-refractivity contribution is -0.136. The molecular weight excluding hydrogens is 492 g/mol. The zero-order valence-corrected chi connectivity index (χ0v) is 23.3. The number of amides is 2. The molecule has 3 aliphatic heterocycles. The van der Waals surface area contributed by atoms with Gasteiger partial charge in [0.1, 0.15) is 5.75 Å². The van der Waals surface area contributed by atoms with Crippen LogP contribution in [0.25, 0.3) is 0 Å². The van der Waals surface area contributed by atoms with E-state index in [9.17, 15) is 14.7 Å². The molecule has 3 fully saturated rings. The van der Waals surface area contributed by atoms with Gasteiger partial charge in [0, 0.05) is 63.6 Å². The van der Waals surface area contributed by atoms with Gasteiger partial charge in [-0.1, -0.05) is 18.2 Å². The monoisotopic (exact) mass is 534 g/mol. The van der Waals surface area contributed by atoms with Crippen LogP contribution >= 0.6 is 0 Å². The van der Waals surface area contributed by atoms with E-state index < -0.39 is 6.10 Å². The number of aliphatic hydroxyl groups excluding tert-OH is 1. The van der Waals surface area contributed by atoms with Crippen molar-refractivity contribution in [3.63, 3.8) is 0 Å². The Labute approximate surface area is 232 Å². The van der Waals surface area contributed by atoms with Crippen molar-refractivity contribution in [1.82, 2.24) is 14.7 Å². The summed E-state index contributed by atoms with van der Waals surface area (Å²) in [6.45, 7) is 4.55. The SMILES string of the molecule is COc1cccc(C(=O)N2CCC(N3C[C@H](O)C[C@H]3C(=O)N(C)Cc3ccc(N4CCCCC4)cc3)CC2)c1. The summed E-state index contributed by atoms with van der Waals surface area (Å²) in [6, 6.07) is 15.7. The first-order valence-corrected chi connectivity index (χ1v) is 14.4. The number of benzene rings is 2. The number of carbonyl (C=O) groups excluding carboxylic acids is 2. The average Bonchev–Trinajstić information content (AvgIpc) is 3.38. The highest BCUT2D eigenvalue weighted by Crippen LogP contribution is 2.29. The van der Waals surface area contributed by atoms with Gasteiger partial charge in [0.15, 0.2) is 0 Å². The highest BCUT2D eigenvalue weighted by Gasteiger charge is 2.42. The Morgan fingerprint density at radius 3 is 2.41 bits per heavy atom. The van der Waals surface area contributed by atoms with Gasteiger partial charge < -0.3 is 24.5 Å². The zero-order valence-electron chi connectivity index (χ0n) is 23.3. The van der Waals surface area contributed by atoms with Crippen molar-refractivity contribution in [2.45, 2.75) is 63.3 Å². The third-order valence-corrected chi connectivity index (χ3v) is 8.59. The predicted molar refractivity (Wildman–Crippen MR) is 152 cm³/mol. The number of methoxy groups -OCH3 is 1. The van der Waals surface area contributed by atoms with Crippen LogP contribution in [0.1, 0.15) is 54.4 Å². The molecule has 0 bridgehead atoms. The number of piperidine rings is 2. The Hall–Kier alpha value is -3.10. The lowest BCUT2D eigenvalue weighted by atomic mass is 10.0. The number of likely N-dealkylation sites (tertiary alicyclic amines) is 2. The molecule has 8 nitrogen and oxygen atoms in total. The van der Waals surface area contributed by atoms with E-state index in [1.165, 1.54) is 24.9 Å². The summed E-state index contributed by atoms with van der Waals surface area (Å²) in [4.78, 5) is 34.9. The summed E-state index contributed by atoms with van der Waals surface area (Å²) in [6.07, 6.45) is 5.34. The first-order valence-electron chi connectivity index (χ1n) is 14.4. The number of rotatable bonds is 7. The fourth-order valence-electron chi connectivity index (χ4n) is 6.39. The van der Waals surface area contributed by atoms with Gasteiger partial charge in [0.05, 0.1) is 19.3 Å². The lowest BCUT2D eigenvalue weighted by Gasteiger charge is -2.39. The van der Waals surface area contributed by atoms with Crippen LogP contribution in [0.4, 0.5) is 5.69 Å². The Bertz CT molecular complexity index is 1130. The first kappa shape index (κ1) is 27.5. The molecule has 5 rings (SSSR count). The summed E-state index contributed by atoms with van der Waals surface area (Å²) in [5, 5.41) is 10.5. The van der Waals surface area contributed by atoms with Crippen LogP contribution in [0, 0.1) is 0 Å². The summed E-state index contributed by atoms with van der Waals surface area (Å²) < 4.78 is 5.27. The second kappa shape index (κ2) is 12.4. The third-order valence-electron chi connectivity index (χ3n) is 8.59. The van der Waals surface area contributed by atoms with Crippen LogP contribution < -0.4 is 9.64 Å². The van der Waals surface area contributed by atoms with Crippen molar-refractivity contribution in [3.8, 4) is 5.75 Å². The van der Waals surface area contributed by atoms with Crippen molar-refractivity contribution in [2.75, 3.05) is 51.8 Å². The molecule has 2 aromatic carbocycles. The Balaban J connectivity index is 1.17. The number of likely N-dealkylation sites (N-methyl/N-ethyl adjacent to an activating group) is 1. The summed E-state index contributed by atoms with van der Waals surface area (Å²) >= 11 is 0. The minimum absolute atomic E-state index is 0.00692. The maximum absolute atomic E-state index is 13.6. The highest BCUT2D eigenvalue weighted by molar-refractivity contribution is 5.94. The molecule has 3 saturated heterocycles. The maximum atomic E-state index is 13.6. The van der Waals surface area contributed by atoms with Crippen molar-refractivity contribution in [2.24, 2.45) is 0 Å². The van der Waals surface area contributed by atoms with E-state index in [4.69, 9.17) is 4.74 Å². The number of anilines is 1. The molecule has 1 N–H and O–H groups in total. The fraction of sp³-hybridized carbons (Fsp3) is 0.548. The van der Waals surface area contributed by atoms with Crippen LogP contribution in [-0.2, 0) is 11.3 Å². The van der Waals surface area contributed by atoms with Gasteiger partial charge in [-0.3, -0.25) is 14.5 Å². The van der Waals surface area contributed by atoms with Gasteiger partial charge in [0.2, 0.25) is 5.91 Å². The number of hydrogen-bond donors (Lipinski definition) is 1.